The van der Waals surface area contributed by atoms with Crippen molar-refractivity contribution in [3.8, 4) is 0 Å². The molecule has 0 aliphatic carbocycles. The number of hydrogen-bond donors (Lipinski definition) is 1. The zero-order chi connectivity index (χ0) is 19.1. The third kappa shape index (κ3) is 5.66. The van der Waals surface area contributed by atoms with Crippen LogP contribution in [0.5, 0.6) is 0 Å². The predicted molar refractivity (Wildman–Crippen MR) is 110 cm³/mol. The number of aryl methyl sites for hydroxylation is 3. The standard InChI is InChI=1S/C22H23N3OS/c1-3-17-5-7-18(8-6-17)9-12-21(26)25-20-11-10-19(15-16(20)2)27-22-23-13-4-14-24-22/h4-8,10-11,13-15H,3,9,12H2,1-2H3,(H,25,26). The highest BCUT2D eigenvalue weighted by atomic mass is 32.2. The van der Waals surface area contributed by atoms with Gasteiger partial charge in [0.15, 0.2) is 5.16 Å². The summed E-state index contributed by atoms with van der Waals surface area (Å²) in [5.41, 5.74) is 4.38. The predicted octanol–water partition coefficient (Wildman–Crippen LogP) is 5.07. The first kappa shape index (κ1) is 19.1. The summed E-state index contributed by atoms with van der Waals surface area (Å²) in [4.78, 5) is 21.8. The molecule has 0 saturated heterocycles. The molecule has 3 aromatic rings. The molecule has 2 aromatic carbocycles. The monoisotopic (exact) mass is 377 g/mol. The van der Waals surface area contributed by atoms with Gasteiger partial charge in [0.25, 0.3) is 0 Å². The van der Waals surface area contributed by atoms with E-state index in [4.69, 9.17) is 0 Å². The van der Waals surface area contributed by atoms with Gasteiger partial charge in [0, 0.05) is 29.4 Å². The molecule has 3 rings (SSSR count). The van der Waals surface area contributed by atoms with E-state index in [0.717, 1.165) is 29.0 Å². The number of carbonyl (C=O) groups excluding carboxylic acids is 1. The zero-order valence-corrected chi connectivity index (χ0v) is 16.4. The molecule has 1 heterocycles. The maximum atomic E-state index is 12.3. The molecule has 5 heteroatoms. The van der Waals surface area contributed by atoms with E-state index in [-0.39, 0.29) is 5.91 Å². The summed E-state index contributed by atoms with van der Waals surface area (Å²) in [5, 5.41) is 3.73. The highest BCUT2D eigenvalue weighted by Gasteiger charge is 2.07. The second-order valence-electron chi connectivity index (χ2n) is 6.33. The number of benzene rings is 2. The Morgan fingerprint density at radius 2 is 1.74 bits per heavy atom. The van der Waals surface area contributed by atoms with Crippen LogP contribution in [-0.2, 0) is 17.6 Å². The maximum absolute atomic E-state index is 12.3. The van der Waals surface area contributed by atoms with Gasteiger partial charge in [-0.1, -0.05) is 31.2 Å². The van der Waals surface area contributed by atoms with Gasteiger partial charge < -0.3 is 5.32 Å². The molecule has 0 spiro atoms. The Bertz CT molecular complexity index is 895. The van der Waals surface area contributed by atoms with Gasteiger partial charge in [-0.3, -0.25) is 4.79 Å². The summed E-state index contributed by atoms with van der Waals surface area (Å²) in [6.07, 6.45) is 5.71. The number of rotatable bonds is 7. The zero-order valence-electron chi connectivity index (χ0n) is 15.6. The molecule has 0 bridgehead atoms. The van der Waals surface area contributed by atoms with Crippen molar-refractivity contribution >= 4 is 23.4 Å². The van der Waals surface area contributed by atoms with Crippen molar-refractivity contribution < 1.29 is 4.79 Å². The van der Waals surface area contributed by atoms with Crippen LogP contribution in [0.15, 0.2) is 71.0 Å². The van der Waals surface area contributed by atoms with Crippen LogP contribution in [0, 0.1) is 6.92 Å². The Morgan fingerprint density at radius 1 is 1.04 bits per heavy atom. The Kier molecular flexibility index (Phi) is 6.60. The molecule has 0 aliphatic rings. The number of nitrogens with zero attached hydrogens (tertiary/aromatic N) is 2. The van der Waals surface area contributed by atoms with Crippen molar-refractivity contribution in [3.63, 3.8) is 0 Å². The summed E-state index contributed by atoms with van der Waals surface area (Å²) >= 11 is 1.50. The molecule has 4 nitrogen and oxygen atoms in total. The van der Waals surface area contributed by atoms with Gasteiger partial charge >= 0.3 is 0 Å². The number of nitrogens with one attached hydrogen (secondary N) is 1. The SMILES string of the molecule is CCc1ccc(CCC(=O)Nc2ccc(Sc3ncccn3)cc2C)cc1. The second-order valence-corrected chi connectivity index (χ2v) is 7.37. The molecule has 0 aliphatic heterocycles. The summed E-state index contributed by atoms with van der Waals surface area (Å²) in [6, 6.07) is 16.2. The first-order chi connectivity index (χ1) is 13.1. The number of hydrogen-bond acceptors (Lipinski definition) is 4. The smallest absolute Gasteiger partial charge is 0.224 e. The van der Waals surface area contributed by atoms with Gasteiger partial charge in [-0.05, 0) is 72.5 Å². The van der Waals surface area contributed by atoms with Crippen LogP contribution in [0.2, 0.25) is 0 Å². The van der Waals surface area contributed by atoms with E-state index in [1.165, 1.54) is 22.9 Å². The fourth-order valence-corrected chi connectivity index (χ4v) is 3.51. The highest BCUT2D eigenvalue weighted by molar-refractivity contribution is 7.99. The van der Waals surface area contributed by atoms with Crippen molar-refractivity contribution in [2.24, 2.45) is 0 Å². The Balaban J connectivity index is 1.55. The minimum atomic E-state index is 0.0319. The Morgan fingerprint density at radius 3 is 2.41 bits per heavy atom. The summed E-state index contributed by atoms with van der Waals surface area (Å²) < 4.78 is 0. The molecule has 1 N–H and O–H groups in total. The molecule has 0 saturated carbocycles. The normalized spacial score (nSPS) is 10.6. The van der Waals surface area contributed by atoms with Gasteiger partial charge in [0.1, 0.15) is 0 Å². The van der Waals surface area contributed by atoms with Crippen molar-refractivity contribution in [3.05, 3.63) is 77.6 Å². The van der Waals surface area contributed by atoms with Crippen molar-refractivity contribution in [2.45, 2.75) is 43.2 Å². The molecule has 0 atom stereocenters. The molecular weight excluding hydrogens is 354 g/mol. The van der Waals surface area contributed by atoms with Crippen LogP contribution >= 0.6 is 11.8 Å². The van der Waals surface area contributed by atoms with Crippen LogP contribution in [0.4, 0.5) is 5.69 Å². The summed E-state index contributed by atoms with van der Waals surface area (Å²) in [5.74, 6) is 0.0319. The third-order valence-corrected chi connectivity index (χ3v) is 5.18. The van der Waals surface area contributed by atoms with E-state index in [1.54, 1.807) is 18.5 Å². The highest BCUT2D eigenvalue weighted by Crippen LogP contribution is 2.28. The van der Waals surface area contributed by atoms with Gasteiger partial charge in [-0.2, -0.15) is 0 Å². The fourth-order valence-electron chi connectivity index (χ4n) is 2.70. The van der Waals surface area contributed by atoms with Crippen molar-refractivity contribution in [1.82, 2.24) is 9.97 Å². The first-order valence-electron chi connectivity index (χ1n) is 9.07. The quantitative estimate of drug-likeness (QED) is 0.584. The Hall–Kier alpha value is -2.66. The maximum Gasteiger partial charge on any atom is 0.224 e. The van der Waals surface area contributed by atoms with Gasteiger partial charge in [-0.15, -0.1) is 0 Å². The van der Waals surface area contributed by atoms with Crippen LogP contribution in [0.25, 0.3) is 0 Å². The van der Waals surface area contributed by atoms with Crippen molar-refractivity contribution in [1.29, 1.82) is 0 Å². The molecule has 0 radical (unpaired) electrons. The number of aromatic nitrogens is 2. The second kappa shape index (κ2) is 9.33. The van der Waals surface area contributed by atoms with E-state index in [0.29, 0.717) is 11.6 Å². The van der Waals surface area contributed by atoms with E-state index in [1.807, 2.05) is 25.1 Å². The average Bonchev–Trinajstić information content (AvgIpc) is 2.70. The fraction of sp³-hybridized carbons (Fsp3) is 0.227. The molecule has 0 fully saturated rings. The van der Waals surface area contributed by atoms with Crippen LogP contribution in [0.1, 0.15) is 30.0 Å². The first-order valence-corrected chi connectivity index (χ1v) is 9.89. The number of carbonyl (C=O) groups is 1. The molecule has 27 heavy (non-hydrogen) atoms. The molecular formula is C22H23N3OS. The van der Waals surface area contributed by atoms with E-state index in [9.17, 15) is 4.79 Å². The van der Waals surface area contributed by atoms with Gasteiger partial charge in [-0.25, -0.2) is 9.97 Å². The van der Waals surface area contributed by atoms with Crippen molar-refractivity contribution in [2.75, 3.05) is 5.32 Å². The summed E-state index contributed by atoms with van der Waals surface area (Å²) in [6.45, 7) is 4.14. The lowest BCUT2D eigenvalue weighted by Crippen LogP contribution is -2.13. The Labute approximate surface area is 164 Å². The lowest BCUT2D eigenvalue weighted by molar-refractivity contribution is -0.116. The largest absolute Gasteiger partial charge is 0.326 e. The molecule has 1 aromatic heterocycles. The number of amides is 1. The van der Waals surface area contributed by atoms with Crippen LogP contribution < -0.4 is 5.32 Å². The topological polar surface area (TPSA) is 54.9 Å². The number of anilines is 1. The average molecular weight is 378 g/mol. The van der Waals surface area contributed by atoms with Gasteiger partial charge in [0.05, 0.1) is 0 Å². The van der Waals surface area contributed by atoms with E-state index < -0.39 is 0 Å². The van der Waals surface area contributed by atoms with Crippen LogP contribution in [-0.4, -0.2) is 15.9 Å². The lowest BCUT2D eigenvalue weighted by atomic mass is 10.1. The molecule has 0 unspecified atom stereocenters. The van der Waals surface area contributed by atoms with Crippen LogP contribution in [0.3, 0.4) is 0 Å². The summed E-state index contributed by atoms with van der Waals surface area (Å²) in [7, 11) is 0. The van der Waals surface area contributed by atoms with E-state index in [2.05, 4.69) is 46.5 Å². The molecule has 138 valence electrons. The minimum Gasteiger partial charge on any atom is -0.326 e. The van der Waals surface area contributed by atoms with E-state index >= 15 is 0 Å². The van der Waals surface area contributed by atoms with Gasteiger partial charge in [0.2, 0.25) is 5.91 Å². The minimum absolute atomic E-state index is 0.0319. The molecule has 1 amide bonds. The lowest BCUT2D eigenvalue weighted by Gasteiger charge is -2.10. The third-order valence-electron chi connectivity index (χ3n) is 4.30.